The topological polar surface area (TPSA) is 69.3 Å². The number of aromatic nitrogens is 1. The first-order valence-corrected chi connectivity index (χ1v) is 6.37. The molecule has 1 amide bonds. The van der Waals surface area contributed by atoms with Crippen LogP contribution in [0.5, 0.6) is 0 Å². The standard InChI is InChI=1S/C15H19N3O2/c1-18-9-13(16)7-14(18)15(19)17-8-11-4-3-5-12(6-11)10-20-2/h3-7,9H,8,10,16H2,1-2H3,(H,17,19). The number of methoxy groups -OCH3 is 1. The van der Waals surface area contributed by atoms with E-state index in [-0.39, 0.29) is 5.91 Å². The quantitative estimate of drug-likeness (QED) is 0.871. The van der Waals surface area contributed by atoms with Crippen LogP contribution >= 0.6 is 0 Å². The van der Waals surface area contributed by atoms with Gasteiger partial charge >= 0.3 is 0 Å². The van der Waals surface area contributed by atoms with Crippen molar-refractivity contribution in [2.45, 2.75) is 13.2 Å². The van der Waals surface area contributed by atoms with E-state index in [1.165, 1.54) is 0 Å². The first-order chi connectivity index (χ1) is 9.60. The van der Waals surface area contributed by atoms with Gasteiger partial charge in [0.2, 0.25) is 0 Å². The minimum Gasteiger partial charge on any atom is -0.397 e. The molecule has 0 atom stereocenters. The molecule has 0 aliphatic rings. The van der Waals surface area contributed by atoms with E-state index in [0.29, 0.717) is 24.5 Å². The van der Waals surface area contributed by atoms with Gasteiger partial charge < -0.3 is 20.4 Å². The summed E-state index contributed by atoms with van der Waals surface area (Å²) in [5.41, 5.74) is 8.92. The molecule has 2 aromatic rings. The van der Waals surface area contributed by atoms with E-state index in [9.17, 15) is 4.79 Å². The lowest BCUT2D eigenvalue weighted by molar-refractivity contribution is 0.0943. The normalized spacial score (nSPS) is 10.5. The van der Waals surface area contributed by atoms with Crippen molar-refractivity contribution in [2.24, 2.45) is 7.05 Å². The highest BCUT2D eigenvalue weighted by Gasteiger charge is 2.10. The summed E-state index contributed by atoms with van der Waals surface area (Å²) in [5, 5.41) is 2.88. The lowest BCUT2D eigenvalue weighted by Crippen LogP contribution is -2.24. The van der Waals surface area contributed by atoms with Crippen molar-refractivity contribution >= 4 is 11.6 Å². The SMILES string of the molecule is COCc1cccc(CNC(=O)c2cc(N)cn2C)c1. The van der Waals surface area contributed by atoms with Crippen molar-refractivity contribution in [1.29, 1.82) is 0 Å². The number of nitrogens with zero attached hydrogens (tertiary/aromatic N) is 1. The summed E-state index contributed by atoms with van der Waals surface area (Å²) < 4.78 is 6.81. The molecule has 0 fully saturated rings. The van der Waals surface area contributed by atoms with Gasteiger partial charge in [-0.1, -0.05) is 24.3 Å². The van der Waals surface area contributed by atoms with Crippen molar-refractivity contribution in [3.05, 3.63) is 53.3 Å². The van der Waals surface area contributed by atoms with Gasteiger partial charge in [0.05, 0.1) is 12.3 Å². The lowest BCUT2D eigenvalue weighted by Gasteiger charge is -2.07. The molecule has 0 saturated heterocycles. The zero-order valence-electron chi connectivity index (χ0n) is 11.7. The molecule has 0 aliphatic heterocycles. The Morgan fingerprint density at radius 1 is 1.35 bits per heavy atom. The summed E-state index contributed by atoms with van der Waals surface area (Å²) in [6.45, 7) is 1.04. The van der Waals surface area contributed by atoms with Crippen LogP contribution in [-0.2, 0) is 24.9 Å². The monoisotopic (exact) mass is 273 g/mol. The molecule has 1 aromatic carbocycles. The number of benzene rings is 1. The van der Waals surface area contributed by atoms with Gasteiger partial charge in [-0.3, -0.25) is 4.79 Å². The number of anilines is 1. The molecule has 1 aromatic heterocycles. The Bertz CT molecular complexity index is 605. The fourth-order valence-electron chi connectivity index (χ4n) is 2.08. The van der Waals surface area contributed by atoms with Crippen LogP contribution < -0.4 is 11.1 Å². The minimum atomic E-state index is -0.138. The molecule has 5 nitrogen and oxygen atoms in total. The number of hydrogen-bond donors (Lipinski definition) is 2. The maximum Gasteiger partial charge on any atom is 0.268 e. The van der Waals surface area contributed by atoms with Gasteiger partial charge in [-0.15, -0.1) is 0 Å². The van der Waals surface area contributed by atoms with E-state index in [1.54, 1.807) is 31.0 Å². The predicted octanol–water partition coefficient (Wildman–Crippen LogP) is 1.68. The van der Waals surface area contributed by atoms with Crippen LogP contribution in [0.2, 0.25) is 0 Å². The first kappa shape index (κ1) is 14.1. The summed E-state index contributed by atoms with van der Waals surface area (Å²) in [5.74, 6) is -0.138. The van der Waals surface area contributed by atoms with Crippen LogP contribution in [0, 0.1) is 0 Å². The number of amides is 1. The third-order valence-electron chi connectivity index (χ3n) is 3.01. The molecular formula is C15H19N3O2. The molecule has 3 N–H and O–H groups in total. The molecule has 0 unspecified atom stereocenters. The Labute approximate surface area is 118 Å². The maximum atomic E-state index is 12.1. The minimum absolute atomic E-state index is 0.138. The molecule has 1 heterocycles. The van der Waals surface area contributed by atoms with Gasteiger partial charge in [-0.05, 0) is 17.2 Å². The number of nitrogens with one attached hydrogen (secondary N) is 1. The van der Waals surface area contributed by atoms with Crippen LogP contribution in [0.1, 0.15) is 21.6 Å². The number of carbonyl (C=O) groups is 1. The summed E-state index contributed by atoms with van der Waals surface area (Å²) in [6, 6.07) is 9.60. The van der Waals surface area contributed by atoms with Crippen LogP contribution in [0.15, 0.2) is 36.5 Å². The van der Waals surface area contributed by atoms with Gasteiger partial charge in [-0.2, -0.15) is 0 Å². The van der Waals surface area contributed by atoms with Crippen molar-refractivity contribution in [3.63, 3.8) is 0 Å². The third-order valence-corrected chi connectivity index (χ3v) is 3.01. The highest BCUT2D eigenvalue weighted by molar-refractivity contribution is 5.93. The van der Waals surface area contributed by atoms with E-state index in [2.05, 4.69) is 5.32 Å². The van der Waals surface area contributed by atoms with Gasteiger partial charge in [0.25, 0.3) is 5.91 Å². The number of nitrogens with two attached hydrogens (primary N) is 1. The average Bonchev–Trinajstić information content (AvgIpc) is 2.76. The molecule has 0 spiro atoms. The second-order valence-corrected chi connectivity index (χ2v) is 4.71. The molecule has 0 saturated carbocycles. The Balaban J connectivity index is 1.99. The van der Waals surface area contributed by atoms with Crippen LogP contribution in [0.4, 0.5) is 5.69 Å². The smallest absolute Gasteiger partial charge is 0.268 e. The first-order valence-electron chi connectivity index (χ1n) is 6.37. The van der Waals surface area contributed by atoms with Crippen LogP contribution in [0.3, 0.4) is 0 Å². The highest BCUT2D eigenvalue weighted by Crippen LogP contribution is 2.10. The number of aryl methyl sites for hydroxylation is 1. The Kier molecular flexibility index (Phi) is 4.42. The summed E-state index contributed by atoms with van der Waals surface area (Å²) in [4.78, 5) is 12.1. The second-order valence-electron chi connectivity index (χ2n) is 4.71. The molecule has 106 valence electrons. The summed E-state index contributed by atoms with van der Waals surface area (Å²) in [7, 11) is 3.46. The number of ether oxygens (including phenoxy) is 1. The number of hydrogen-bond acceptors (Lipinski definition) is 3. The average molecular weight is 273 g/mol. The molecule has 0 aliphatic carbocycles. The fraction of sp³-hybridized carbons (Fsp3) is 0.267. The van der Waals surface area contributed by atoms with Gasteiger partial charge in [0.1, 0.15) is 5.69 Å². The Hall–Kier alpha value is -2.27. The third kappa shape index (κ3) is 3.39. The largest absolute Gasteiger partial charge is 0.397 e. The predicted molar refractivity (Wildman–Crippen MR) is 78.2 cm³/mol. The Morgan fingerprint density at radius 3 is 2.75 bits per heavy atom. The van der Waals surface area contributed by atoms with Gasteiger partial charge in [-0.25, -0.2) is 0 Å². The van der Waals surface area contributed by atoms with Crippen molar-refractivity contribution in [2.75, 3.05) is 12.8 Å². The van der Waals surface area contributed by atoms with Crippen LogP contribution in [-0.4, -0.2) is 17.6 Å². The van der Waals surface area contributed by atoms with Crippen molar-refractivity contribution < 1.29 is 9.53 Å². The molecule has 2 rings (SSSR count). The Morgan fingerprint density at radius 2 is 2.10 bits per heavy atom. The van der Waals surface area contributed by atoms with E-state index >= 15 is 0 Å². The summed E-state index contributed by atoms with van der Waals surface area (Å²) in [6.07, 6.45) is 1.72. The fourth-order valence-corrected chi connectivity index (χ4v) is 2.08. The number of carbonyl (C=O) groups excluding carboxylic acids is 1. The van der Waals surface area contributed by atoms with E-state index in [0.717, 1.165) is 11.1 Å². The van der Waals surface area contributed by atoms with Crippen LogP contribution in [0.25, 0.3) is 0 Å². The molecule has 20 heavy (non-hydrogen) atoms. The lowest BCUT2D eigenvalue weighted by atomic mass is 10.1. The summed E-state index contributed by atoms with van der Waals surface area (Å²) >= 11 is 0. The molecular weight excluding hydrogens is 254 g/mol. The van der Waals surface area contributed by atoms with Crippen molar-refractivity contribution in [3.8, 4) is 0 Å². The molecule has 5 heteroatoms. The van der Waals surface area contributed by atoms with Crippen molar-refractivity contribution in [1.82, 2.24) is 9.88 Å². The van der Waals surface area contributed by atoms with E-state index in [1.807, 2.05) is 24.3 Å². The molecule has 0 bridgehead atoms. The van der Waals surface area contributed by atoms with Gasteiger partial charge in [0.15, 0.2) is 0 Å². The maximum absolute atomic E-state index is 12.1. The zero-order valence-corrected chi connectivity index (χ0v) is 11.7. The second kappa shape index (κ2) is 6.25. The van der Waals surface area contributed by atoms with Gasteiger partial charge in [0, 0.05) is 26.9 Å². The van der Waals surface area contributed by atoms with E-state index in [4.69, 9.17) is 10.5 Å². The van der Waals surface area contributed by atoms with E-state index < -0.39 is 0 Å². The molecule has 0 radical (unpaired) electrons. The number of nitrogen functional groups attached to an aromatic ring is 1. The number of rotatable bonds is 5. The zero-order chi connectivity index (χ0) is 14.5. The highest BCUT2D eigenvalue weighted by atomic mass is 16.5.